The maximum absolute atomic E-state index is 6.07. The number of H-pyrrole nitrogens is 1. The van der Waals surface area contributed by atoms with Crippen molar-refractivity contribution in [2.45, 2.75) is 38.9 Å². The van der Waals surface area contributed by atoms with Gasteiger partial charge in [-0.1, -0.05) is 17.7 Å². The molecule has 0 atom stereocenters. The molecule has 0 unspecified atom stereocenters. The Labute approximate surface area is 118 Å². The number of nitrogens with one attached hydrogen (secondary N) is 1. The molecule has 1 aromatic carbocycles. The summed E-state index contributed by atoms with van der Waals surface area (Å²) in [5.74, 6) is 0. The van der Waals surface area contributed by atoms with Gasteiger partial charge in [0.1, 0.15) is 0 Å². The summed E-state index contributed by atoms with van der Waals surface area (Å²) >= 11 is 6.00. The molecule has 0 bridgehead atoms. The van der Waals surface area contributed by atoms with Gasteiger partial charge in [0.05, 0.1) is 11.2 Å². The molecule has 1 fully saturated rings. The zero-order valence-electron chi connectivity index (χ0n) is 11.6. The SMILES string of the molecule is CC1(C)OB(c2c[nH]c3cc(Cl)ccc23)OC1(C)C. The molecule has 1 saturated heterocycles. The minimum atomic E-state index is -0.347. The van der Waals surface area contributed by atoms with Crippen molar-refractivity contribution in [3.05, 3.63) is 29.4 Å². The summed E-state index contributed by atoms with van der Waals surface area (Å²) in [5.41, 5.74) is 1.36. The van der Waals surface area contributed by atoms with Gasteiger partial charge < -0.3 is 14.3 Å². The summed E-state index contributed by atoms with van der Waals surface area (Å²) in [6, 6.07) is 5.78. The molecule has 1 aliphatic heterocycles. The second-order valence-electron chi connectivity index (χ2n) is 6.02. The highest BCUT2D eigenvalue weighted by atomic mass is 35.5. The molecule has 0 radical (unpaired) electrons. The van der Waals surface area contributed by atoms with Gasteiger partial charge in [0.2, 0.25) is 0 Å². The first kappa shape index (κ1) is 13.0. The molecule has 100 valence electrons. The van der Waals surface area contributed by atoms with Crippen LogP contribution in [0.3, 0.4) is 0 Å². The monoisotopic (exact) mass is 277 g/mol. The lowest BCUT2D eigenvalue weighted by Crippen LogP contribution is -2.41. The van der Waals surface area contributed by atoms with Crippen LogP contribution in [0.4, 0.5) is 0 Å². The van der Waals surface area contributed by atoms with Gasteiger partial charge in [0.25, 0.3) is 0 Å². The molecule has 0 aliphatic carbocycles. The highest BCUT2D eigenvalue weighted by molar-refractivity contribution is 6.65. The van der Waals surface area contributed by atoms with E-state index >= 15 is 0 Å². The van der Waals surface area contributed by atoms with Gasteiger partial charge in [-0.05, 0) is 45.2 Å². The minimum absolute atomic E-state index is 0.326. The largest absolute Gasteiger partial charge is 0.497 e. The van der Waals surface area contributed by atoms with Crippen LogP contribution >= 0.6 is 11.6 Å². The standard InChI is InChI=1S/C14H17BClNO2/c1-13(2)14(3,4)19-15(18-13)11-8-17-12-7-9(16)5-6-10(11)12/h5-8,17H,1-4H3. The van der Waals surface area contributed by atoms with E-state index in [2.05, 4.69) is 32.7 Å². The topological polar surface area (TPSA) is 34.2 Å². The number of hydrogen-bond acceptors (Lipinski definition) is 2. The van der Waals surface area contributed by atoms with Crippen molar-refractivity contribution < 1.29 is 9.31 Å². The molecule has 0 saturated carbocycles. The van der Waals surface area contributed by atoms with E-state index in [9.17, 15) is 0 Å². The molecular weight excluding hydrogens is 260 g/mol. The maximum Gasteiger partial charge on any atom is 0.497 e. The smallest absolute Gasteiger partial charge is 0.399 e. The zero-order valence-corrected chi connectivity index (χ0v) is 12.3. The van der Waals surface area contributed by atoms with Crippen LogP contribution in [0.25, 0.3) is 10.9 Å². The molecular formula is C14H17BClNO2. The maximum atomic E-state index is 6.07. The predicted molar refractivity (Wildman–Crippen MR) is 79.0 cm³/mol. The predicted octanol–water partition coefficient (Wildman–Crippen LogP) is 3.12. The zero-order chi connectivity index (χ0) is 13.8. The summed E-state index contributed by atoms with van der Waals surface area (Å²) in [6.45, 7) is 8.22. The van der Waals surface area contributed by atoms with Gasteiger partial charge in [-0.15, -0.1) is 0 Å². The Kier molecular flexibility index (Phi) is 2.75. The van der Waals surface area contributed by atoms with E-state index in [1.807, 2.05) is 24.4 Å². The van der Waals surface area contributed by atoms with E-state index in [1.54, 1.807) is 0 Å². The number of aromatic amines is 1. The highest BCUT2D eigenvalue weighted by Gasteiger charge is 2.52. The molecule has 3 rings (SSSR count). The normalized spacial score (nSPS) is 21.2. The summed E-state index contributed by atoms with van der Waals surface area (Å²) < 4.78 is 12.1. The molecule has 1 aliphatic rings. The van der Waals surface area contributed by atoms with E-state index in [4.69, 9.17) is 20.9 Å². The fraction of sp³-hybridized carbons (Fsp3) is 0.429. The molecule has 19 heavy (non-hydrogen) atoms. The molecule has 2 heterocycles. The first-order chi connectivity index (χ1) is 8.80. The molecule has 5 heteroatoms. The Morgan fingerprint density at radius 2 is 1.74 bits per heavy atom. The first-order valence-electron chi connectivity index (χ1n) is 6.42. The van der Waals surface area contributed by atoms with Crippen LogP contribution in [-0.4, -0.2) is 23.3 Å². The van der Waals surface area contributed by atoms with Crippen molar-refractivity contribution in [2.75, 3.05) is 0 Å². The summed E-state index contributed by atoms with van der Waals surface area (Å²) in [4.78, 5) is 3.22. The van der Waals surface area contributed by atoms with E-state index in [-0.39, 0.29) is 18.3 Å². The van der Waals surface area contributed by atoms with Gasteiger partial charge in [0, 0.05) is 22.2 Å². The van der Waals surface area contributed by atoms with Gasteiger partial charge in [0.15, 0.2) is 0 Å². The van der Waals surface area contributed by atoms with E-state index in [1.165, 1.54) is 0 Å². The quantitative estimate of drug-likeness (QED) is 0.813. The van der Waals surface area contributed by atoms with Crippen LogP contribution in [0, 0.1) is 0 Å². The van der Waals surface area contributed by atoms with Crippen LogP contribution in [0.5, 0.6) is 0 Å². The summed E-state index contributed by atoms with van der Waals surface area (Å²) in [6.07, 6.45) is 1.93. The van der Waals surface area contributed by atoms with Gasteiger partial charge in [-0.25, -0.2) is 0 Å². The van der Waals surface area contributed by atoms with Crippen molar-refractivity contribution in [3.63, 3.8) is 0 Å². The number of benzene rings is 1. The van der Waals surface area contributed by atoms with E-state index in [0.29, 0.717) is 0 Å². The van der Waals surface area contributed by atoms with Gasteiger partial charge in [-0.2, -0.15) is 0 Å². The summed E-state index contributed by atoms with van der Waals surface area (Å²) in [7, 11) is -0.347. The number of halogens is 1. The van der Waals surface area contributed by atoms with Crippen molar-refractivity contribution in [3.8, 4) is 0 Å². The molecule has 0 spiro atoms. The van der Waals surface area contributed by atoms with Crippen LogP contribution in [-0.2, 0) is 9.31 Å². The Morgan fingerprint density at radius 3 is 2.37 bits per heavy atom. The van der Waals surface area contributed by atoms with E-state index < -0.39 is 0 Å². The third-order valence-corrected chi connectivity index (χ3v) is 4.42. The van der Waals surface area contributed by atoms with Gasteiger partial charge in [-0.3, -0.25) is 0 Å². The molecule has 1 aromatic heterocycles. The first-order valence-corrected chi connectivity index (χ1v) is 6.80. The number of hydrogen-bond donors (Lipinski definition) is 1. The van der Waals surface area contributed by atoms with Crippen molar-refractivity contribution in [2.24, 2.45) is 0 Å². The molecule has 1 N–H and O–H groups in total. The molecule has 0 amide bonds. The molecule has 3 nitrogen and oxygen atoms in total. The van der Waals surface area contributed by atoms with Gasteiger partial charge >= 0.3 is 7.12 Å². The molecule has 2 aromatic rings. The highest BCUT2D eigenvalue weighted by Crippen LogP contribution is 2.37. The number of fused-ring (bicyclic) bond motifs is 1. The van der Waals surface area contributed by atoms with Crippen molar-refractivity contribution in [1.82, 2.24) is 4.98 Å². The summed E-state index contributed by atoms with van der Waals surface area (Å²) in [5, 5.41) is 1.80. The number of aromatic nitrogens is 1. The Morgan fingerprint density at radius 1 is 1.11 bits per heavy atom. The van der Waals surface area contributed by atoms with Crippen LogP contribution in [0.2, 0.25) is 5.02 Å². The fourth-order valence-electron chi connectivity index (χ4n) is 2.29. The van der Waals surface area contributed by atoms with Crippen LogP contribution in [0.1, 0.15) is 27.7 Å². The lowest BCUT2D eigenvalue weighted by molar-refractivity contribution is 0.00578. The third kappa shape index (κ3) is 1.99. The Hall–Kier alpha value is -0.965. The second kappa shape index (κ2) is 4.01. The van der Waals surface area contributed by atoms with Crippen LogP contribution in [0.15, 0.2) is 24.4 Å². The average molecular weight is 278 g/mol. The lowest BCUT2D eigenvalue weighted by Gasteiger charge is -2.32. The minimum Gasteiger partial charge on any atom is -0.399 e. The number of rotatable bonds is 1. The van der Waals surface area contributed by atoms with Crippen LogP contribution < -0.4 is 5.46 Å². The average Bonchev–Trinajstić information content (AvgIpc) is 2.77. The lowest BCUT2D eigenvalue weighted by atomic mass is 9.79. The second-order valence-corrected chi connectivity index (χ2v) is 6.46. The third-order valence-electron chi connectivity index (χ3n) is 4.18. The van der Waals surface area contributed by atoms with E-state index in [0.717, 1.165) is 21.4 Å². The van der Waals surface area contributed by atoms with Crippen molar-refractivity contribution >= 4 is 35.1 Å². The van der Waals surface area contributed by atoms with Crippen molar-refractivity contribution in [1.29, 1.82) is 0 Å². The fourth-order valence-corrected chi connectivity index (χ4v) is 2.46. The Bertz CT molecular complexity index is 619. The Balaban J connectivity index is 2.03.